The van der Waals surface area contributed by atoms with Crippen LogP contribution in [-0.4, -0.2) is 62.1 Å². The first-order valence-corrected chi connectivity index (χ1v) is 9.42. The monoisotopic (exact) mass is 374 g/mol. The average Bonchev–Trinajstić information content (AvgIpc) is 2.91. The molecule has 0 spiro atoms. The molecule has 27 heavy (non-hydrogen) atoms. The number of amides is 2. The highest BCUT2D eigenvalue weighted by Gasteiger charge is 2.33. The topological polar surface area (TPSA) is 95.7 Å². The molecule has 8 heteroatoms. The zero-order valence-electron chi connectivity index (χ0n) is 15.5. The van der Waals surface area contributed by atoms with Crippen molar-refractivity contribution < 1.29 is 19.5 Å². The number of nitrogens with zero attached hydrogens (tertiary/aromatic N) is 4. The maximum absolute atomic E-state index is 13.0. The number of carboxylic acids is 1. The van der Waals surface area contributed by atoms with Gasteiger partial charge in [0, 0.05) is 39.0 Å². The summed E-state index contributed by atoms with van der Waals surface area (Å²) in [5, 5.41) is 13.3. The van der Waals surface area contributed by atoms with Gasteiger partial charge in [-0.15, -0.1) is 6.58 Å². The first-order valence-electron chi connectivity index (χ1n) is 9.42. The Bertz CT molecular complexity index is 742. The molecule has 1 saturated heterocycles. The van der Waals surface area contributed by atoms with Crippen LogP contribution in [0, 0.1) is 5.92 Å². The van der Waals surface area contributed by atoms with E-state index in [0.717, 1.165) is 24.4 Å². The lowest BCUT2D eigenvalue weighted by atomic mass is 9.95. The predicted octanol–water partition coefficient (Wildman–Crippen LogP) is 1.06. The summed E-state index contributed by atoms with van der Waals surface area (Å²) in [5.41, 5.74) is 1.69. The molecule has 1 atom stereocenters. The Labute approximate surface area is 158 Å². The third kappa shape index (κ3) is 4.56. The number of fused-ring (bicyclic) bond motifs is 1. The largest absolute Gasteiger partial charge is 0.481 e. The second kappa shape index (κ2) is 8.37. The number of carbonyl (C=O) groups is 3. The van der Waals surface area contributed by atoms with E-state index in [0.29, 0.717) is 45.4 Å². The highest BCUT2D eigenvalue weighted by atomic mass is 16.4. The predicted molar refractivity (Wildman–Crippen MR) is 97.7 cm³/mol. The summed E-state index contributed by atoms with van der Waals surface area (Å²) in [5.74, 6) is -0.858. The molecule has 0 unspecified atom stereocenters. The number of carbonyl (C=O) groups excluding carboxylic acids is 2. The van der Waals surface area contributed by atoms with E-state index >= 15 is 0 Å². The number of piperidine rings is 1. The molecule has 8 nitrogen and oxygen atoms in total. The summed E-state index contributed by atoms with van der Waals surface area (Å²) in [4.78, 5) is 39.3. The van der Waals surface area contributed by atoms with Gasteiger partial charge in [0.05, 0.1) is 30.3 Å². The highest BCUT2D eigenvalue weighted by Crippen LogP contribution is 2.23. The van der Waals surface area contributed by atoms with Gasteiger partial charge in [-0.05, 0) is 18.9 Å². The molecular weight excluding hydrogens is 348 g/mol. The molecule has 0 bridgehead atoms. The van der Waals surface area contributed by atoms with Crippen LogP contribution < -0.4 is 0 Å². The van der Waals surface area contributed by atoms with E-state index in [1.807, 2.05) is 15.6 Å². The lowest BCUT2D eigenvalue weighted by Gasteiger charge is -2.34. The van der Waals surface area contributed by atoms with Crippen molar-refractivity contribution in [3.63, 3.8) is 0 Å². The van der Waals surface area contributed by atoms with E-state index in [4.69, 9.17) is 5.11 Å². The molecular formula is C19H26N4O4. The van der Waals surface area contributed by atoms with Crippen LogP contribution in [0.25, 0.3) is 0 Å². The average molecular weight is 374 g/mol. The molecule has 2 aliphatic heterocycles. The molecule has 1 N–H and O–H groups in total. The van der Waals surface area contributed by atoms with Crippen LogP contribution in [0.2, 0.25) is 0 Å². The Hall–Kier alpha value is -2.64. The zero-order chi connectivity index (χ0) is 19.4. The molecule has 1 aromatic rings. The van der Waals surface area contributed by atoms with Crippen molar-refractivity contribution in [1.82, 2.24) is 19.6 Å². The minimum Gasteiger partial charge on any atom is -0.481 e. The third-order valence-corrected chi connectivity index (χ3v) is 5.17. The number of aromatic nitrogens is 2. The number of hydrogen-bond donors (Lipinski definition) is 1. The highest BCUT2D eigenvalue weighted by molar-refractivity contribution is 5.84. The Balaban J connectivity index is 1.66. The lowest BCUT2D eigenvalue weighted by Crippen LogP contribution is -2.47. The Morgan fingerprint density at radius 1 is 1.37 bits per heavy atom. The van der Waals surface area contributed by atoms with E-state index in [9.17, 15) is 14.4 Å². The van der Waals surface area contributed by atoms with Crippen LogP contribution in [0.1, 0.15) is 37.1 Å². The number of aliphatic carboxylic acids is 1. The van der Waals surface area contributed by atoms with Crippen molar-refractivity contribution in [1.29, 1.82) is 0 Å². The molecule has 1 aromatic heterocycles. The normalized spacial score (nSPS) is 20.1. The van der Waals surface area contributed by atoms with Crippen LogP contribution in [-0.2, 0) is 33.9 Å². The first-order chi connectivity index (χ1) is 13.0. The molecule has 0 aliphatic carbocycles. The summed E-state index contributed by atoms with van der Waals surface area (Å²) in [6.07, 6.45) is 3.92. The minimum absolute atomic E-state index is 0.0499. The molecule has 1 fully saturated rings. The van der Waals surface area contributed by atoms with Gasteiger partial charge in [0.15, 0.2) is 0 Å². The van der Waals surface area contributed by atoms with Crippen molar-refractivity contribution >= 4 is 17.8 Å². The van der Waals surface area contributed by atoms with Crippen LogP contribution >= 0.6 is 0 Å². The van der Waals surface area contributed by atoms with Crippen LogP contribution in [0.4, 0.5) is 0 Å². The second-order valence-corrected chi connectivity index (χ2v) is 7.18. The summed E-state index contributed by atoms with van der Waals surface area (Å²) < 4.78 is 1.89. The van der Waals surface area contributed by atoms with Gasteiger partial charge in [-0.1, -0.05) is 6.08 Å². The minimum atomic E-state index is -0.842. The zero-order valence-corrected chi connectivity index (χ0v) is 15.5. The number of likely N-dealkylation sites (tertiary alicyclic amines) is 1. The number of aryl methyl sites for hydroxylation is 2. The van der Waals surface area contributed by atoms with Crippen molar-refractivity contribution in [3.05, 3.63) is 30.1 Å². The molecule has 146 valence electrons. The molecule has 0 saturated carbocycles. The van der Waals surface area contributed by atoms with Gasteiger partial charge in [0.2, 0.25) is 11.8 Å². The van der Waals surface area contributed by atoms with Crippen LogP contribution in [0.15, 0.2) is 18.7 Å². The van der Waals surface area contributed by atoms with Crippen molar-refractivity contribution in [2.75, 3.05) is 19.6 Å². The molecule has 0 aromatic carbocycles. The van der Waals surface area contributed by atoms with Gasteiger partial charge in [0.25, 0.3) is 0 Å². The fourth-order valence-corrected chi connectivity index (χ4v) is 3.77. The SMILES string of the molecule is C=CCN1C[C@@H](C(=O)N2CCCn3nc(CCC(=O)O)cc3C2)CCC1=O. The van der Waals surface area contributed by atoms with Gasteiger partial charge < -0.3 is 14.9 Å². The van der Waals surface area contributed by atoms with Gasteiger partial charge in [-0.25, -0.2) is 0 Å². The van der Waals surface area contributed by atoms with Gasteiger partial charge in [-0.2, -0.15) is 5.10 Å². The van der Waals surface area contributed by atoms with E-state index < -0.39 is 5.97 Å². The standard InChI is InChI=1S/C19H26N4O4/c1-2-8-21-12-14(4-6-17(21)24)19(27)22-9-3-10-23-16(13-22)11-15(20-23)5-7-18(25)26/h2,11,14H,1,3-10,12-13H2,(H,25,26)/t14-/m0/s1. The Morgan fingerprint density at radius 3 is 2.93 bits per heavy atom. The van der Waals surface area contributed by atoms with Crippen molar-refractivity contribution in [3.8, 4) is 0 Å². The van der Waals surface area contributed by atoms with Crippen LogP contribution in [0.5, 0.6) is 0 Å². The summed E-state index contributed by atoms with van der Waals surface area (Å²) >= 11 is 0. The van der Waals surface area contributed by atoms with Crippen molar-refractivity contribution in [2.45, 2.75) is 45.2 Å². The van der Waals surface area contributed by atoms with E-state index in [-0.39, 0.29) is 24.2 Å². The van der Waals surface area contributed by atoms with Crippen molar-refractivity contribution in [2.24, 2.45) is 5.92 Å². The summed E-state index contributed by atoms with van der Waals surface area (Å²) in [6, 6.07) is 1.91. The molecule has 2 amide bonds. The Morgan fingerprint density at radius 2 is 2.19 bits per heavy atom. The fraction of sp³-hybridized carbons (Fsp3) is 0.579. The van der Waals surface area contributed by atoms with E-state index in [1.54, 1.807) is 11.0 Å². The molecule has 3 heterocycles. The maximum Gasteiger partial charge on any atom is 0.303 e. The Kier molecular flexibility index (Phi) is 5.93. The second-order valence-electron chi connectivity index (χ2n) is 7.18. The molecule has 0 radical (unpaired) electrons. The lowest BCUT2D eigenvalue weighted by molar-refractivity contribution is -0.143. The smallest absolute Gasteiger partial charge is 0.303 e. The fourth-order valence-electron chi connectivity index (χ4n) is 3.77. The maximum atomic E-state index is 13.0. The van der Waals surface area contributed by atoms with Gasteiger partial charge >= 0.3 is 5.97 Å². The molecule has 3 rings (SSSR count). The number of hydrogen-bond acceptors (Lipinski definition) is 4. The number of rotatable bonds is 6. The van der Waals surface area contributed by atoms with Gasteiger partial charge in [-0.3, -0.25) is 19.1 Å². The van der Waals surface area contributed by atoms with E-state index in [2.05, 4.69) is 11.7 Å². The third-order valence-electron chi connectivity index (χ3n) is 5.17. The summed E-state index contributed by atoms with van der Waals surface area (Å²) in [6.45, 7) is 6.46. The van der Waals surface area contributed by atoms with E-state index in [1.165, 1.54) is 0 Å². The van der Waals surface area contributed by atoms with Crippen LogP contribution in [0.3, 0.4) is 0 Å². The number of carboxylic acid groups (broad SMARTS) is 1. The molecule has 2 aliphatic rings. The first kappa shape index (κ1) is 19.1. The quantitative estimate of drug-likeness (QED) is 0.751. The van der Waals surface area contributed by atoms with Gasteiger partial charge in [0.1, 0.15) is 0 Å². The summed E-state index contributed by atoms with van der Waals surface area (Å²) in [7, 11) is 0.